The molecule has 0 saturated heterocycles. The quantitative estimate of drug-likeness (QED) is 0.838. The van der Waals surface area contributed by atoms with E-state index in [1.54, 1.807) is 26.0 Å². The molecule has 0 aliphatic heterocycles. The number of nitrogens with one attached hydrogen (secondary N) is 1. The second-order valence-corrected chi connectivity index (χ2v) is 5.60. The highest BCUT2D eigenvalue weighted by atomic mass is 32.2. The van der Waals surface area contributed by atoms with E-state index in [1.807, 2.05) is 24.3 Å². The molecule has 2 aromatic rings. The number of rotatable bonds is 7. The third-order valence-electron chi connectivity index (χ3n) is 3.09. The van der Waals surface area contributed by atoms with Gasteiger partial charge in [-0.15, -0.1) is 0 Å². The Balaban J connectivity index is 2.39. The molecule has 112 valence electrons. The zero-order valence-corrected chi connectivity index (χ0v) is 13.5. The maximum atomic E-state index is 5.55. The van der Waals surface area contributed by atoms with Gasteiger partial charge >= 0.3 is 0 Å². The first-order valence-electron chi connectivity index (χ1n) is 6.97. The van der Waals surface area contributed by atoms with Crippen molar-refractivity contribution in [1.29, 1.82) is 0 Å². The van der Waals surface area contributed by atoms with Gasteiger partial charge in [-0.1, -0.05) is 36.9 Å². The van der Waals surface area contributed by atoms with Crippen molar-refractivity contribution in [1.82, 2.24) is 5.32 Å². The van der Waals surface area contributed by atoms with Crippen molar-refractivity contribution in [3.8, 4) is 11.5 Å². The molecule has 21 heavy (non-hydrogen) atoms. The number of benzene rings is 2. The largest absolute Gasteiger partial charge is 0.497 e. The summed E-state index contributed by atoms with van der Waals surface area (Å²) in [7, 11) is 3.37. The van der Waals surface area contributed by atoms with Crippen LogP contribution in [0.3, 0.4) is 0 Å². The van der Waals surface area contributed by atoms with E-state index >= 15 is 0 Å². The number of ether oxygens (including phenoxy) is 2. The summed E-state index contributed by atoms with van der Waals surface area (Å²) in [5.41, 5.74) is 1.18. The van der Waals surface area contributed by atoms with Crippen molar-refractivity contribution in [3.63, 3.8) is 0 Å². The standard InChI is InChI=1S/C17H21NO2S/c1-4-18-12-13-10-14(19-2)11-16(20-3)17(13)21-15-8-6-5-7-9-15/h5-11,18H,4,12H2,1-3H3. The van der Waals surface area contributed by atoms with Gasteiger partial charge in [-0.3, -0.25) is 0 Å². The van der Waals surface area contributed by atoms with Crippen LogP contribution in [0.15, 0.2) is 52.3 Å². The lowest BCUT2D eigenvalue weighted by Gasteiger charge is -2.16. The summed E-state index contributed by atoms with van der Waals surface area (Å²) in [5, 5.41) is 3.37. The number of methoxy groups -OCH3 is 2. The molecule has 2 aromatic carbocycles. The highest BCUT2D eigenvalue weighted by Gasteiger charge is 2.13. The van der Waals surface area contributed by atoms with Crippen LogP contribution in [0.1, 0.15) is 12.5 Å². The Morgan fingerprint density at radius 1 is 1.05 bits per heavy atom. The average Bonchev–Trinajstić information content (AvgIpc) is 2.54. The molecule has 0 unspecified atom stereocenters. The van der Waals surface area contributed by atoms with E-state index < -0.39 is 0 Å². The average molecular weight is 303 g/mol. The first-order chi connectivity index (χ1) is 10.3. The Labute approximate surface area is 130 Å². The minimum absolute atomic E-state index is 0.791. The summed E-state index contributed by atoms with van der Waals surface area (Å²) in [4.78, 5) is 2.32. The SMILES string of the molecule is CCNCc1cc(OC)cc(OC)c1Sc1ccccc1. The molecule has 3 nitrogen and oxygen atoms in total. The van der Waals surface area contributed by atoms with Crippen LogP contribution >= 0.6 is 11.8 Å². The van der Waals surface area contributed by atoms with E-state index in [4.69, 9.17) is 9.47 Å². The fourth-order valence-corrected chi connectivity index (χ4v) is 3.05. The van der Waals surface area contributed by atoms with Crippen molar-refractivity contribution in [2.75, 3.05) is 20.8 Å². The summed E-state index contributed by atoms with van der Waals surface area (Å²) in [6.07, 6.45) is 0. The Kier molecular flexibility index (Phi) is 5.96. The predicted molar refractivity (Wildman–Crippen MR) is 87.5 cm³/mol. The predicted octanol–water partition coefficient (Wildman–Crippen LogP) is 3.96. The molecule has 0 aliphatic carbocycles. The van der Waals surface area contributed by atoms with Gasteiger partial charge in [-0.2, -0.15) is 0 Å². The monoisotopic (exact) mass is 303 g/mol. The molecule has 0 fully saturated rings. The van der Waals surface area contributed by atoms with E-state index in [0.29, 0.717) is 0 Å². The zero-order chi connectivity index (χ0) is 15.1. The van der Waals surface area contributed by atoms with Crippen LogP contribution in [0, 0.1) is 0 Å². The van der Waals surface area contributed by atoms with Gasteiger partial charge < -0.3 is 14.8 Å². The van der Waals surface area contributed by atoms with Gasteiger partial charge in [0, 0.05) is 17.5 Å². The lowest BCUT2D eigenvalue weighted by molar-refractivity contribution is 0.385. The summed E-state index contributed by atoms with van der Waals surface area (Å²) in [6, 6.07) is 14.3. The van der Waals surface area contributed by atoms with Crippen LogP contribution in [0.25, 0.3) is 0 Å². The van der Waals surface area contributed by atoms with Gasteiger partial charge in [0.05, 0.1) is 19.1 Å². The van der Waals surface area contributed by atoms with Crippen molar-refractivity contribution in [3.05, 3.63) is 48.0 Å². The smallest absolute Gasteiger partial charge is 0.136 e. The second kappa shape index (κ2) is 7.96. The highest BCUT2D eigenvalue weighted by molar-refractivity contribution is 7.99. The van der Waals surface area contributed by atoms with Crippen molar-refractivity contribution in [2.45, 2.75) is 23.3 Å². The molecule has 0 spiro atoms. The van der Waals surface area contributed by atoms with Crippen LogP contribution in [0.5, 0.6) is 11.5 Å². The number of hydrogen-bond donors (Lipinski definition) is 1. The van der Waals surface area contributed by atoms with E-state index in [2.05, 4.69) is 30.4 Å². The zero-order valence-electron chi connectivity index (χ0n) is 12.7. The maximum Gasteiger partial charge on any atom is 0.136 e. The molecule has 0 amide bonds. The highest BCUT2D eigenvalue weighted by Crippen LogP contribution is 2.40. The first-order valence-corrected chi connectivity index (χ1v) is 7.78. The van der Waals surface area contributed by atoms with Crippen LogP contribution in [0.2, 0.25) is 0 Å². The van der Waals surface area contributed by atoms with Gasteiger partial charge in [0.2, 0.25) is 0 Å². The van der Waals surface area contributed by atoms with Crippen molar-refractivity contribution >= 4 is 11.8 Å². The van der Waals surface area contributed by atoms with Crippen LogP contribution in [0.4, 0.5) is 0 Å². The summed E-state index contributed by atoms with van der Waals surface area (Å²) in [5.74, 6) is 1.66. The normalized spacial score (nSPS) is 10.4. The Morgan fingerprint density at radius 3 is 2.43 bits per heavy atom. The molecule has 0 atom stereocenters. The van der Waals surface area contributed by atoms with E-state index in [1.165, 1.54) is 10.5 Å². The topological polar surface area (TPSA) is 30.5 Å². The fraction of sp³-hybridized carbons (Fsp3) is 0.294. The van der Waals surface area contributed by atoms with E-state index in [-0.39, 0.29) is 0 Å². The van der Waals surface area contributed by atoms with Gasteiger partial charge in [0.15, 0.2) is 0 Å². The fourth-order valence-electron chi connectivity index (χ4n) is 2.01. The summed E-state index contributed by atoms with van der Waals surface area (Å²) >= 11 is 1.71. The van der Waals surface area contributed by atoms with Crippen LogP contribution < -0.4 is 14.8 Å². The molecule has 0 saturated carbocycles. The molecule has 0 aliphatic rings. The molecule has 2 rings (SSSR count). The minimum atomic E-state index is 0.791. The van der Waals surface area contributed by atoms with Crippen molar-refractivity contribution < 1.29 is 9.47 Å². The van der Waals surface area contributed by atoms with Gasteiger partial charge in [-0.05, 0) is 30.3 Å². The molecule has 0 aromatic heterocycles. The van der Waals surface area contributed by atoms with Crippen molar-refractivity contribution in [2.24, 2.45) is 0 Å². The van der Waals surface area contributed by atoms with Gasteiger partial charge in [-0.25, -0.2) is 0 Å². The molecule has 0 heterocycles. The van der Waals surface area contributed by atoms with E-state index in [9.17, 15) is 0 Å². The number of hydrogen-bond acceptors (Lipinski definition) is 4. The molecule has 1 N–H and O–H groups in total. The lowest BCUT2D eigenvalue weighted by atomic mass is 10.2. The molecule has 0 radical (unpaired) electrons. The Hall–Kier alpha value is -1.65. The molecule has 0 bridgehead atoms. The van der Waals surface area contributed by atoms with Gasteiger partial charge in [0.1, 0.15) is 11.5 Å². The molecular formula is C17H21NO2S. The molecular weight excluding hydrogens is 282 g/mol. The summed E-state index contributed by atoms with van der Waals surface area (Å²) < 4.78 is 10.9. The lowest BCUT2D eigenvalue weighted by Crippen LogP contribution is -2.13. The van der Waals surface area contributed by atoms with Gasteiger partial charge in [0.25, 0.3) is 0 Å². The molecule has 4 heteroatoms. The third kappa shape index (κ3) is 4.16. The Morgan fingerprint density at radius 2 is 1.81 bits per heavy atom. The first kappa shape index (κ1) is 15.7. The third-order valence-corrected chi connectivity index (χ3v) is 4.26. The Bertz CT molecular complexity index is 573. The van der Waals surface area contributed by atoms with E-state index in [0.717, 1.165) is 29.5 Å². The maximum absolute atomic E-state index is 5.55. The van der Waals surface area contributed by atoms with Crippen LogP contribution in [-0.2, 0) is 6.54 Å². The van der Waals surface area contributed by atoms with Crippen LogP contribution in [-0.4, -0.2) is 20.8 Å². The summed E-state index contributed by atoms with van der Waals surface area (Å²) in [6.45, 7) is 3.82. The second-order valence-electron chi connectivity index (χ2n) is 4.51. The minimum Gasteiger partial charge on any atom is -0.497 e.